The Hall–Kier alpha value is -0.540. The van der Waals surface area contributed by atoms with Crippen LogP contribution in [0.4, 0.5) is 0 Å². The van der Waals surface area contributed by atoms with Gasteiger partial charge < -0.3 is 5.32 Å². The molecule has 0 fully saturated rings. The van der Waals surface area contributed by atoms with Crippen molar-refractivity contribution >= 4 is 33.4 Å². The first-order valence-electron chi connectivity index (χ1n) is 3.78. The lowest BCUT2D eigenvalue weighted by molar-refractivity contribution is -0.119. The van der Waals surface area contributed by atoms with Crippen molar-refractivity contribution in [3.05, 3.63) is 33.3 Å². The molecule has 1 aromatic carbocycles. The number of carbonyl (C=O) groups is 1. The van der Waals surface area contributed by atoms with Crippen LogP contribution in [0.25, 0.3) is 0 Å². The van der Waals surface area contributed by atoms with Gasteiger partial charge in [0, 0.05) is 16.5 Å². The van der Waals surface area contributed by atoms with E-state index >= 15 is 0 Å². The molecule has 0 atom stereocenters. The molecule has 0 saturated heterocycles. The van der Waals surface area contributed by atoms with E-state index in [-0.39, 0.29) is 5.91 Å². The highest BCUT2D eigenvalue weighted by molar-refractivity contribution is 9.10. The Balaban J connectivity index is 2.87. The van der Waals surface area contributed by atoms with Gasteiger partial charge in [0.25, 0.3) is 0 Å². The zero-order valence-electron chi connectivity index (χ0n) is 7.10. The highest BCUT2D eigenvalue weighted by Crippen LogP contribution is 2.21. The van der Waals surface area contributed by atoms with E-state index in [4.69, 9.17) is 11.6 Å². The summed E-state index contributed by atoms with van der Waals surface area (Å²) in [5.41, 5.74) is 0.895. The van der Waals surface area contributed by atoms with Gasteiger partial charge in [0.2, 0.25) is 5.91 Å². The van der Waals surface area contributed by atoms with Gasteiger partial charge >= 0.3 is 0 Å². The summed E-state index contributed by atoms with van der Waals surface area (Å²) in [6.45, 7) is 0. The molecule has 1 aromatic rings. The van der Waals surface area contributed by atoms with Gasteiger partial charge in [-0.1, -0.05) is 27.5 Å². The smallest absolute Gasteiger partial charge is 0.224 e. The van der Waals surface area contributed by atoms with Crippen molar-refractivity contribution in [2.75, 3.05) is 7.05 Å². The number of rotatable bonds is 2. The van der Waals surface area contributed by atoms with Gasteiger partial charge in [-0.2, -0.15) is 0 Å². The molecule has 4 heteroatoms. The minimum Gasteiger partial charge on any atom is -0.359 e. The molecule has 0 bridgehead atoms. The molecule has 0 spiro atoms. The van der Waals surface area contributed by atoms with Crippen LogP contribution in [0.2, 0.25) is 5.02 Å². The van der Waals surface area contributed by atoms with Crippen LogP contribution in [0, 0.1) is 0 Å². The van der Waals surface area contributed by atoms with Crippen LogP contribution in [-0.2, 0) is 11.2 Å². The van der Waals surface area contributed by atoms with E-state index in [9.17, 15) is 4.79 Å². The largest absolute Gasteiger partial charge is 0.359 e. The molecule has 0 aromatic heterocycles. The molecular formula is C9H9BrClNO. The Morgan fingerprint density at radius 2 is 2.31 bits per heavy atom. The molecular weight excluding hydrogens is 253 g/mol. The fourth-order valence-electron chi connectivity index (χ4n) is 0.940. The van der Waals surface area contributed by atoms with Gasteiger partial charge in [-0.3, -0.25) is 4.79 Å². The molecule has 0 radical (unpaired) electrons. The number of halogens is 2. The fraction of sp³-hybridized carbons (Fsp3) is 0.222. The number of benzene rings is 1. The SMILES string of the molecule is CNC(=O)Cc1cc(Cl)ccc1Br. The van der Waals surface area contributed by atoms with Crippen molar-refractivity contribution in [2.24, 2.45) is 0 Å². The Morgan fingerprint density at radius 3 is 2.92 bits per heavy atom. The maximum Gasteiger partial charge on any atom is 0.224 e. The lowest BCUT2D eigenvalue weighted by Gasteiger charge is -2.03. The summed E-state index contributed by atoms with van der Waals surface area (Å²) in [7, 11) is 1.61. The second kappa shape index (κ2) is 4.63. The zero-order chi connectivity index (χ0) is 9.84. The molecule has 70 valence electrons. The summed E-state index contributed by atoms with van der Waals surface area (Å²) in [4.78, 5) is 11.1. The molecule has 2 nitrogen and oxygen atoms in total. The molecule has 0 unspecified atom stereocenters. The molecule has 0 aliphatic carbocycles. The predicted molar refractivity (Wildman–Crippen MR) is 56.9 cm³/mol. The number of nitrogens with one attached hydrogen (secondary N) is 1. The summed E-state index contributed by atoms with van der Waals surface area (Å²) < 4.78 is 0.903. The molecule has 13 heavy (non-hydrogen) atoms. The average molecular weight is 263 g/mol. The van der Waals surface area contributed by atoms with Gasteiger partial charge in [0.05, 0.1) is 6.42 Å². The van der Waals surface area contributed by atoms with E-state index < -0.39 is 0 Å². The summed E-state index contributed by atoms with van der Waals surface area (Å²) in [6, 6.07) is 5.39. The van der Waals surface area contributed by atoms with Crippen LogP contribution < -0.4 is 5.32 Å². The molecule has 0 heterocycles. The third-order valence-corrected chi connectivity index (χ3v) is 2.65. The fourth-order valence-corrected chi connectivity index (χ4v) is 1.52. The predicted octanol–water partition coefficient (Wildman–Crippen LogP) is 2.39. The van der Waals surface area contributed by atoms with E-state index in [1.165, 1.54) is 0 Å². The van der Waals surface area contributed by atoms with E-state index in [1.54, 1.807) is 19.2 Å². The highest BCUT2D eigenvalue weighted by Gasteiger charge is 2.05. The van der Waals surface area contributed by atoms with E-state index in [0.29, 0.717) is 11.4 Å². The van der Waals surface area contributed by atoms with Gasteiger partial charge in [-0.25, -0.2) is 0 Å². The highest BCUT2D eigenvalue weighted by atomic mass is 79.9. The Bertz CT molecular complexity index is 327. The lowest BCUT2D eigenvalue weighted by Crippen LogP contribution is -2.20. The maximum atomic E-state index is 11.1. The quantitative estimate of drug-likeness (QED) is 0.871. The third kappa shape index (κ3) is 3.01. The normalized spacial score (nSPS) is 9.77. The van der Waals surface area contributed by atoms with Crippen LogP contribution in [0.15, 0.2) is 22.7 Å². The van der Waals surface area contributed by atoms with Crippen LogP contribution in [0.3, 0.4) is 0 Å². The lowest BCUT2D eigenvalue weighted by atomic mass is 10.1. The van der Waals surface area contributed by atoms with Gasteiger partial charge in [-0.15, -0.1) is 0 Å². The van der Waals surface area contributed by atoms with Crippen LogP contribution in [0.1, 0.15) is 5.56 Å². The molecule has 0 aliphatic rings. The Morgan fingerprint density at radius 1 is 1.62 bits per heavy atom. The topological polar surface area (TPSA) is 29.1 Å². The Kier molecular flexibility index (Phi) is 3.75. The van der Waals surface area contributed by atoms with Crippen molar-refractivity contribution in [3.63, 3.8) is 0 Å². The van der Waals surface area contributed by atoms with Crippen LogP contribution in [-0.4, -0.2) is 13.0 Å². The molecule has 1 N–H and O–H groups in total. The summed E-state index contributed by atoms with van der Waals surface area (Å²) >= 11 is 9.14. The van der Waals surface area contributed by atoms with Crippen molar-refractivity contribution in [3.8, 4) is 0 Å². The summed E-state index contributed by atoms with van der Waals surface area (Å²) in [5, 5.41) is 3.20. The first kappa shape index (κ1) is 10.5. The standard InChI is InChI=1S/C9H9BrClNO/c1-12-9(13)5-6-4-7(11)2-3-8(6)10/h2-4H,5H2,1H3,(H,12,13). The van der Waals surface area contributed by atoms with Crippen molar-refractivity contribution < 1.29 is 4.79 Å². The summed E-state index contributed by atoms with van der Waals surface area (Å²) in [6.07, 6.45) is 0.345. The minimum atomic E-state index is -0.0250. The number of carbonyl (C=O) groups excluding carboxylic acids is 1. The maximum absolute atomic E-state index is 11.1. The first-order valence-corrected chi connectivity index (χ1v) is 4.95. The zero-order valence-corrected chi connectivity index (χ0v) is 9.45. The average Bonchev–Trinajstić information content (AvgIpc) is 2.11. The molecule has 1 rings (SSSR count). The molecule has 0 aliphatic heterocycles. The van der Waals surface area contributed by atoms with Gasteiger partial charge in [0.15, 0.2) is 0 Å². The van der Waals surface area contributed by atoms with Gasteiger partial charge in [-0.05, 0) is 23.8 Å². The van der Waals surface area contributed by atoms with Gasteiger partial charge in [0.1, 0.15) is 0 Å². The van der Waals surface area contributed by atoms with Crippen molar-refractivity contribution in [2.45, 2.75) is 6.42 Å². The monoisotopic (exact) mass is 261 g/mol. The third-order valence-electron chi connectivity index (χ3n) is 1.64. The summed E-state index contributed by atoms with van der Waals surface area (Å²) in [5.74, 6) is -0.0250. The minimum absolute atomic E-state index is 0.0250. The van der Waals surface area contributed by atoms with Crippen molar-refractivity contribution in [1.29, 1.82) is 0 Å². The van der Waals surface area contributed by atoms with E-state index in [0.717, 1.165) is 10.0 Å². The number of hydrogen-bond acceptors (Lipinski definition) is 1. The van der Waals surface area contributed by atoms with Crippen molar-refractivity contribution in [1.82, 2.24) is 5.32 Å². The molecule has 1 amide bonds. The number of amides is 1. The number of likely N-dealkylation sites (N-methyl/N-ethyl adjacent to an activating group) is 1. The van der Waals surface area contributed by atoms with Crippen LogP contribution in [0.5, 0.6) is 0 Å². The van der Waals surface area contributed by atoms with E-state index in [2.05, 4.69) is 21.2 Å². The van der Waals surface area contributed by atoms with Crippen LogP contribution >= 0.6 is 27.5 Å². The van der Waals surface area contributed by atoms with E-state index in [1.807, 2.05) is 6.07 Å². The molecule has 0 saturated carbocycles. The second-order valence-electron chi connectivity index (χ2n) is 2.59. The first-order chi connectivity index (χ1) is 6.13. The Labute approximate surface area is 90.4 Å². The number of hydrogen-bond donors (Lipinski definition) is 1. The second-order valence-corrected chi connectivity index (χ2v) is 3.88.